The molecular formula is C17H23N3S. The topological polar surface area (TPSA) is 29.9 Å². The molecule has 3 nitrogen and oxygen atoms in total. The molecule has 2 heterocycles. The van der Waals surface area contributed by atoms with Gasteiger partial charge in [0.15, 0.2) is 0 Å². The van der Waals surface area contributed by atoms with Gasteiger partial charge in [-0.15, -0.1) is 11.8 Å². The van der Waals surface area contributed by atoms with E-state index >= 15 is 0 Å². The van der Waals surface area contributed by atoms with E-state index in [1.54, 1.807) is 0 Å². The van der Waals surface area contributed by atoms with Crippen LogP contribution >= 0.6 is 11.8 Å². The molecule has 2 aromatic rings. The van der Waals surface area contributed by atoms with Gasteiger partial charge in [-0.3, -0.25) is 0 Å². The third-order valence-corrected chi connectivity index (χ3v) is 5.44. The van der Waals surface area contributed by atoms with Gasteiger partial charge in [-0.25, -0.2) is 4.98 Å². The molecular weight excluding hydrogens is 278 g/mol. The van der Waals surface area contributed by atoms with Crippen LogP contribution in [0.4, 0.5) is 0 Å². The highest BCUT2D eigenvalue weighted by Gasteiger charge is 2.30. The van der Waals surface area contributed by atoms with Crippen molar-refractivity contribution in [2.75, 3.05) is 12.3 Å². The molecule has 2 atom stereocenters. The Balaban J connectivity index is 1.82. The van der Waals surface area contributed by atoms with E-state index in [-0.39, 0.29) is 0 Å². The minimum absolute atomic E-state index is 0.457. The number of nitrogens with zero attached hydrogens (tertiary/aromatic N) is 2. The van der Waals surface area contributed by atoms with Gasteiger partial charge in [-0.1, -0.05) is 25.1 Å². The largest absolute Gasteiger partial charge is 0.335 e. The number of hydrogen-bond acceptors (Lipinski definition) is 3. The zero-order valence-electron chi connectivity index (χ0n) is 12.7. The Morgan fingerprint density at radius 3 is 3.05 bits per heavy atom. The normalized spacial score (nSPS) is 18.7. The molecule has 3 rings (SSSR count). The standard InChI is InChI=1S/C17H23N3S/c1-3-18-15(11-17-19-9-10-20(17)4-2)14-12-21-16-8-6-5-7-13(14)16/h5-10,14-15,18H,3-4,11-12H2,1-2H3. The van der Waals surface area contributed by atoms with Crippen LogP contribution in [0.25, 0.3) is 0 Å². The molecule has 1 aromatic carbocycles. The highest BCUT2D eigenvalue weighted by molar-refractivity contribution is 7.99. The molecule has 1 aliphatic rings. The van der Waals surface area contributed by atoms with E-state index in [2.05, 4.69) is 59.2 Å². The number of thioether (sulfide) groups is 1. The number of aromatic nitrogens is 2. The van der Waals surface area contributed by atoms with Crippen molar-refractivity contribution < 1.29 is 0 Å². The Hall–Kier alpha value is -1.26. The lowest BCUT2D eigenvalue weighted by molar-refractivity contribution is 0.447. The van der Waals surface area contributed by atoms with E-state index in [1.807, 2.05) is 18.0 Å². The average Bonchev–Trinajstić information content (AvgIpc) is 3.12. The number of hydrogen-bond donors (Lipinski definition) is 1. The second-order valence-corrected chi connectivity index (χ2v) is 6.51. The number of rotatable bonds is 6. The van der Waals surface area contributed by atoms with Crippen LogP contribution in [-0.4, -0.2) is 27.9 Å². The molecule has 21 heavy (non-hydrogen) atoms. The van der Waals surface area contributed by atoms with Gasteiger partial charge in [0, 0.05) is 48.0 Å². The van der Waals surface area contributed by atoms with E-state index < -0.39 is 0 Å². The summed E-state index contributed by atoms with van der Waals surface area (Å²) in [6.07, 6.45) is 4.99. The maximum Gasteiger partial charge on any atom is 0.110 e. The van der Waals surface area contributed by atoms with Crippen LogP contribution < -0.4 is 5.32 Å². The van der Waals surface area contributed by atoms with Crippen molar-refractivity contribution in [3.63, 3.8) is 0 Å². The molecule has 0 aliphatic carbocycles. The van der Waals surface area contributed by atoms with Crippen LogP contribution in [0.3, 0.4) is 0 Å². The molecule has 1 aromatic heterocycles. The van der Waals surface area contributed by atoms with Gasteiger partial charge in [0.2, 0.25) is 0 Å². The quantitative estimate of drug-likeness (QED) is 0.888. The van der Waals surface area contributed by atoms with E-state index in [1.165, 1.54) is 22.0 Å². The maximum absolute atomic E-state index is 4.55. The first-order valence-corrected chi connectivity index (χ1v) is 8.77. The number of benzene rings is 1. The lowest BCUT2D eigenvalue weighted by atomic mass is 9.91. The summed E-state index contributed by atoms with van der Waals surface area (Å²) < 4.78 is 2.25. The highest BCUT2D eigenvalue weighted by atomic mass is 32.2. The van der Waals surface area contributed by atoms with E-state index in [0.717, 1.165) is 19.5 Å². The lowest BCUT2D eigenvalue weighted by Gasteiger charge is -2.25. The summed E-state index contributed by atoms with van der Waals surface area (Å²) in [6.45, 7) is 6.35. The van der Waals surface area contributed by atoms with E-state index in [9.17, 15) is 0 Å². The lowest BCUT2D eigenvalue weighted by Crippen LogP contribution is -2.37. The Bertz CT molecular complexity index is 593. The van der Waals surface area contributed by atoms with Crippen molar-refractivity contribution in [3.8, 4) is 0 Å². The molecule has 0 spiro atoms. The Labute approximate surface area is 131 Å². The molecule has 1 N–H and O–H groups in total. The summed E-state index contributed by atoms with van der Waals surface area (Å²) in [5.74, 6) is 2.94. The van der Waals surface area contributed by atoms with E-state index in [4.69, 9.17) is 0 Å². The minimum Gasteiger partial charge on any atom is -0.335 e. The fourth-order valence-corrected chi connectivity index (χ4v) is 4.49. The van der Waals surface area contributed by atoms with Crippen molar-refractivity contribution in [3.05, 3.63) is 48.0 Å². The van der Waals surface area contributed by atoms with Crippen molar-refractivity contribution >= 4 is 11.8 Å². The first-order valence-electron chi connectivity index (χ1n) is 7.78. The number of fused-ring (bicyclic) bond motifs is 1. The van der Waals surface area contributed by atoms with Crippen LogP contribution in [0.1, 0.15) is 31.2 Å². The summed E-state index contributed by atoms with van der Waals surface area (Å²) in [7, 11) is 0. The molecule has 2 unspecified atom stereocenters. The predicted octanol–water partition coefficient (Wildman–Crippen LogP) is 3.31. The zero-order valence-corrected chi connectivity index (χ0v) is 13.6. The fourth-order valence-electron chi connectivity index (χ4n) is 3.15. The second kappa shape index (κ2) is 6.67. The number of aryl methyl sites for hydroxylation is 1. The van der Waals surface area contributed by atoms with Crippen LogP contribution in [0.15, 0.2) is 41.6 Å². The van der Waals surface area contributed by atoms with Gasteiger partial charge in [-0.05, 0) is 25.1 Å². The van der Waals surface area contributed by atoms with Gasteiger partial charge >= 0.3 is 0 Å². The van der Waals surface area contributed by atoms with Crippen molar-refractivity contribution in [1.29, 1.82) is 0 Å². The third kappa shape index (κ3) is 3.01. The summed E-state index contributed by atoms with van der Waals surface area (Å²) >= 11 is 1.99. The monoisotopic (exact) mass is 301 g/mol. The molecule has 0 saturated carbocycles. The Kier molecular flexibility index (Phi) is 4.66. The van der Waals surface area contributed by atoms with E-state index in [0.29, 0.717) is 12.0 Å². The van der Waals surface area contributed by atoms with Crippen LogP contribution in [0.5, 0.6) is 0 Å². The smallest absolute Gasteiger partial charge is 0.110 e. The second-order valence-electron chi connectivity index (χ2n) is 5.45. The SMILES string of the molecule is CCNC(Cc1nccn1CC)C1CSc2ccccc21. The minimum atomic E-state index is 0.457. The molecule has 112 valence electrons. The molecule has 0 fully saturated rings. The van der Waals surface area contributed by atoms with Crippen LogP contribution in [0.2, 0.25) is 0 Å². The van der Waals surface area contributed by atoms with Crippen LogP contribution in [-0.2, 0) is 13.0 Å². The summed E-state index contributed by atoms with van der Waals surface area (Å²) in [4.78, 5) is 6.00. The molecule has 0 bridgehead atoms. The van der Waals surface area contributed by atoms with Gasteiger partial charge < -0.3 is 9.88 Å². The third-order valence-electron chi connectivity index (χ3n) is 4.23. The molecule has 4 heteroatoms. The van der Waals surface area contributed by atoms with Crippen molar-refractivity contribution in [2.24, 2.45) is 0 Å². The molecule has 0 radical (unpaired) electrons. The maximum atomic E-state index is 4.55. The highest BCUT2D eigenvalue weighted by Crippen LogP contribution is 2.41. The first kappa shape index (κ1) is 14.7. The molecule has 1 aliphatic heterocycles. The fraction of sp³-hybridized carbons (Fsp3) is 0.471. The predicted molar refractivity (Wildman–Crippen MR) is 89.0 cm³/mol. The number of imidazole rings is 1. The summed E-state index contributed by atoms with van der Waals surface area (Å²) in [5.41, 5.74) is 1.50. The zero-order chi connectivity index (χ0) is 14.7. The van der Waals surface area contributed by atoms with Crippen molar-refractivity contribution in [2.45, 2.75) is 43.7 Å². The summed E-state index contributed by atoms with van der Waals surface area (Å²) in [5, 5.41) is 3.69. The van der Waals surface area contributed by atoms with Crippen molar-refractivity contribution in [1.82, 2.24) is 14.9 Å². The number of nitrogens with one attached hydrogen (secondary N) is 1. The average molecular weight is 301 g/mol. The van der Waals surface area contributed by atoms with Gasteiger partial charge in [0.05, 0.1) is 0 Å². The van der Waals surface area contributed by atoms with Gasteiger partial charge in [-0.2, -0.15) is 0 Å². The Morgan fingerprint density at radius 2 is 2.24 bits per heavy atom. The summed E-state index contributed by atoms with van der Waals surface area (Å²) in [6, 6.07) is 9.29. The molecule has 0 saturated heterocycles. The first-order chi connectivity index (χ1) is 10.3. The van der Waals surface area contributed by atoms with Gasteiger partial charge in [0.1, 0.15) is 5.82 Å². The molecule has 0 amide bonds. The van der Waals surface area contributed by atoms with Crippen LogP contribution in [0, 0.1) is 0 Å². The number of likely N-dealkylation sites (N-methyl/N-ethyl adjacent to an activating group) is 1. The Morgan fingerprint density at radius 1 is 1.38 bits per heavy atom. The van der Waals surface area contributed by atoms with Gasteiger partial charge in [0.25, 0.3) is 0 Å².